The van der Waals surface area contributed by atoms with E-state index in [9.17, 15) is 9.59 Å². The van der Waals surface area contributed by atoms with Crippen LogP contribution in [0.25, 0.3) is 0 Å². The predicted octanol–water partition coefficient (Wildman–Crippen LogP) is 3.37. The molecule has 0 aliphatic heterocycles. The van der Waals surface area contributed by atoms with Crippen LogP contribution < -0.4 is 22.6 Å². The number of nitrogens with one attached hydrogen (secondary N) is 2. The van der Waals surface area contributed by atoms with Crippen LogP contribution in [0, 0.1) is 9.54 Å². The lowest BCUT2D eigenvalue weighted by atomic mass is 10.1. The molecule has 0 bridgehead atoms. The van der Waals surface area contributed by atoms with Crippen LogP contribution in [0.2, 0.25) is 0 Å². The molecule has 180 valence electrons. The molecule has 6 N–H and O–H groups in total. The number of nitrogens with zero attached hydrogens (tertiary/aromatic N) is 2. The fourth-order valence-electron chi connectivity index (χ4n) is 3.99. The molecule has 0 fully saturated rings. The van der Waals surface area contributed by atoms with E-state index < -0.39 is 11.1 Å². The van der Waals surface area contributed by atoms with Gasteiger partial charge in [0.2, 0.25) is 0 Å². The third kappa shape index (κ3) is 5.50. The number of aromatic amines is 2. The number of benzene rings is 2. The Bertz CT molecular complexity index is 1450. The topological polar surface area (TPSA) is 128 Å². The van der Waals surface area contributed by atoms with Gasteiger partial charge in [-0.2, -0.15) is 0 Å². The summed E-state index contributed by atoms with van der Waals surface area (Å²) in [5, 5.41) is 0. The average Bonchev–Trinajstić information content (AvgIpc) is 2.84. The number of aryl methyl sites for hydroxylation is 2. The van der Waals surface area contributed by atoms with Crippen molar-refractivity contribution in [1.82, 2.24) is 19.1 Å². The third-order valence-corrected chi connectivity index (χ3v) is 6.61. The molecule has 0 saturated carbocycles. The van der Waals surface area contributed by atoms with Crippen molar-refractivity contribution >= 4 is 36.1 Å². The van der Waals surface area contributed by atoms with Gasteiger partial charge in [0.1, 0.15) is 11.6 Å². The van der Waals surface area contributed by atoms with Gasteiger partial charge in [0, 0.05) is 19.5 Å². The summed E-state index contributed by atoms with van der Waals surface area (Å²) in [5.74, 6) is 0.429. The van der Waals surface area contributed by atoms with Gasteiger partial charge in [-0.05, 0) is 48.4 Å². The molecule has 8 nitrogen and oxygen atoms in total. The molecule has 0 saturated heterocycles. The molecule has 4 aromatic rings. The Labute approximate surface area is 211 Å². The van der Waals surface area contributed by atoms with Crippen molar-refractivity contribution in [1.29, 1.82) is 0 Å². The van der Waals surface area contributed by atoms with Crippen molar-refractivity contribution in [3.05, 3.63) is 113 Å². The Morgan fingerprint density at radius 2 is 1.03 bits per heavy atom. The van der Waals surface area contributed by atoms with Crippen LogP contribution in [0.1, 0.15) is 22.3 Å². The maximum Gasteiger partial charge on any atom is 0.257 e. The zero-order valence-corrected chi connectivity index (χ0v) is 20.6. The standard InChI is InChI=1S/C25H26N6O2S2/c26-20-18(22(32)28-24(34)30(20)13-11-16-7-3-1-4-8-16)15-19-21(27)31(25(35)29-23(19)33)14-12-17-9-5-2-6-10-17/h1-10H,11-15,26-27H2,(H,28,32,34)(H,29,33,35). The highest BCUT2D eigenvalue weighted by Crippen LogP contribution is 2.17. The lowest BCUT2D eigenvalue weighted by Gasteiger charge is -2.16. The van der Waals surface area contributed by atoms with Crippen LogP contribution in [-0.4, -0.2) is 19.1 Å². The smallest absolute Gasteiger partial charge is 0.257 e. The summed E-state index contributed by atoms with van der Waals surface area (Å²) in [7, 11) is 0. The molecule has 10 heteroatoms. The van der Waals surface area contributed by atoms with Crippen LogP contribution in [0.3, 0.4) is 0 Å². The molecule has 2 heterocycles. The van der Waals surface area contributed by atoms with E-state index in [0.717, 1.165) is 11.1 Å². The maximum atomic E-state index is 12.8. The van der Waals surface area contributed by atoms with E-state index in [2.05, 4.69) is 9.97 Å². The van der Waals surface area contributed by atoms with Crippen LogP contribution >= 0.6 is 24.4 Å². The van der Waals surface area contributed by atoms with Crippen LogP contribution in [0.4, 0.5) is 11.6 Å². The zero-order valence-electron chi connectivity index (χ0n) is 19.0. The molecule has 4 rings (SSSR count). The number of nitrogens with two attached hydrogens (primary N) is 2. The zero-order chi connectivity index (χ0) is 24.9. The van der Waals surface area contributed by atoms with Gasteiger partial charge in [0.15, 0.2) is 9.54 Å². The van der Waals surface area contributed by atoms with Gasteiger partial charge in [-0.3, -0.25) is 19.6 Å². The highest BCUT2D eigenvalue weighted by molar-refractivity contribution is 7.71. The summed E-state index contributed by atoms with van der Waals surface area (Å²) in [6, 6.07) is 19.8. The van der Waals surface area contributed by atoms with E-state index in [-0.39, 0.29) is 38.7 Å². The van der Waals surface area contributed by atoms with Crippen molar-refractivity contribution < 1.29 is 0 Å². The molecule has 0 aliphatic carbocycles. The Morgan fingerprint density at radius 3 is 1.40 bits per heavy atom. The summed E-state index contributed by atoms with van der Waals surface area (Å²) in [4.78, 5) is 30.9. The first-order valence-corrected chi connectivity index (χ1v) is 12.0. The van der Waals surface area contributed by atoms with E-state index in [4.69, 9.17) is 35.9 Å². The van der Waals surface area contributed by atoms with Gasteiger partial charge in [0.25, 0.3) is 11.1 Å². The number of anilines is 2. The number of H-pyrrole nitrogens is 2. The first-order chi connectivity index (χ1) is 16.8. The minimum Gasteiger partial charge on any atom is -0.385 e. The molecular weight excluding hydrogens is 480 g/mol. The Morgan fingerprint density at radius 1 is 0.657 bits per heavy atom. The number of rotatable bonds is 8. The van der Waals surface area contributed by atoms with Gasteiger partial charge in [-0.15, -0.1) is 0 Å². The molecule has 0 radical (unpaired) electrons. The number of hydrogen-bond acceptors (Lipinski definition) is 6. The molecule has 0 atom stereocenters. The van der Waals surface area contributed by atoms with Gasteiger partial charge in [-0.1, -0.05) is 60.7 Å². The van der Waals surface area contributed by atoms with E-state index >= 15 is 0 Å². The van der Waals surface area contributed by atoms with Gasteiger partial charge < -0.3 is 20.6 Å². The largest absolute Gasteiger partial charge is 0.385 e. The van der Waals surface area contributed by atoms with Crippen LogP contribution in [-0.2, 0) is 32.4 Å². The van der Waals surface area contributed by atoms with E-state index in [0.29, 0.717) is 25.9 Å². The minimum atomic E-state index is -0.444. The highest BCUT2D eigenvalue weighted by Gasteiger charge is 2.17. The molecule has 0 amide bonds. The highest BCUT2D eigenvalue weighted by atomic mass is 32.1. The molecule has 35 heavy (non-hydrogen) atoms. The van der Waals surface area contributed by atoms with Gasteiger partial charge >= 0.3 is 0 Å². The summed E-state index contributed by atoms with van der Waals surface area (Å²) in [6.45, 7) is 0.957. The predicted molar refractivity (Wildman–Crippen MR) is 144 cm³/mol. The Balaban J connectivity index is 1.66. The first-order valence-electron chi connectivity index (χ1n) is 11.2. The van der Waals surface area contributed by atoms with Crippen molar-refractivity contribution in [3.8, 4) is 0 Å². The number of hydrogen-bond donors (Lipinski definition) is 4. The SMILES string of the molecule is Nc1c(Cc2c(N)n(CCc3ccccc3)c(=S)[nH]c2=O)c(=O)[nH]c(=S)n1CCc1ccccc1. The monoisotopic (exact) mass is 506 g/mol. The minimum absolute atomic E-state index is 0.0514. The molecule has 2 aromatic heterocycles. The van der Waals surface area contributed by atoms with E-state index in [1.54, 1.807) is 9.13 Å². The second-order valence-corrected chi connectivity index (χ2v) is 8.97. The van der Waals surface area contributed by atoms with Gasteiger partial charge in [-0.25, -0.2) is 0 Å². The van der Waals surface area contributed by atoms with Crippen molar-refractivity contribution in [2.24, 2.45) is 0 Å². The molecule has 2 aromatic carbocycles. The molecule has 0 aliphatic rings. The fourth-order valence-corrected chi connectivity index (χ4v) is 4.56. The van der Waals surface area contributed by atoms with E-state index in [1.165, 1.54) is 0 Å². The Hall–Kier alpha value is -3.76. The molecule has 0 spiro atoms. The quantitative estimate of drug-likeness (QED) is 0.271. The van der Waals surface area contributed by atoms with Crippen LogP contribution in [0.5, 0.6) is 0 Å². The van der Waals surface area contributed by atoms with E-state index in [1.807, 2.05) is 60.7 Å². The molecular formula is C25H26N6O2S2. The second-order valence-electron chi connectivity index (χ2n) is 8.20. The maximum absolute atomic E-state index is 12.8. The second kappa shape index (κ2) is 10.7. The first kappa shape index (κ1) is 24.4. The lowest BCUT2D eigenvalue weighted by molar-refractivity contribution is 0.660. The third-order valence-electron chi connectivity index (χ3n) is 5.97. The lowest BCUT2D eigenvalue weighted by Crippen LogP contribution is -2.28. The normalized spacial score (nSPS) is 11.0. The summed E-state index contributed by atoms with van der Waals surface area (Å²) in [6.07, 6.45) is 1.31. The van der Waals surface area contributed by atoms with Crippen molar-refractivity contribution in [2.45, 2.75) is 32.4 Å². The van der Waals surface area contributed by atoms with Crippen molar-refractivity contribution in [3.63, 3.8) is 0 Å². The van der Waals surface area contributed by atoms with Crippen molar-refractivity contribution in [2.75, 3.05) is 11.5 Å². The molecule has 0 unspecified atom stereocenters. The van der Waals surface area contributed by atoms with Gasteiger partial charge in [0.05, 0.1) is 11.1 Å². The Kier molecular flexibility index (Phi) is 7.42. The fraction of sp³-hybridized carbons (Fsp3) is 0.200. The summed E-state index contributed by atoms with van der Waals surface area (Å²) >= 11 is 10.7. The summed E-state index contributed by atoms with van der Waals surface area (Å²) in [5.41, 5.74) is 14.6. The number of aromatic nitrogens is 4. The number of nitrogen functional groups attached to an aromatic ring is 2. The summed E-state index contributed by atoms with van der Waals surface area (Å²) < 4.78 is 3.81. The van der Waals surface area contributed by atoms with Crippen LogP contribution in [0.15, 0.2) is 70.3 Å². The average molecular weight is 507 g/mol.